The van der Waals surface area contributed by atoms with Gasteiger partial charge in [-0.3, -0.25) is 4.79 Å². The molecule has 0 bridgehead atoms. The van der Waals surface area contributed by atoms with Crippen LogP contribution in [0.15, 0.2) is 47.4 Å². The maximum absolute atomic E-state index is 12.7. The average Bonchev–Trinajstić information content (AvgIpc) is 3.49. The minimum Gasteiger partial charge on any atom is -0.348 e. The molecule has 174 valence electrons. The van der Waals surface area contributed by atoms with Gasteiger partial charge in [-0.05, 0) is 62.4 Å². The number of aryl methyl sites for hydroxylation is 1. The van der Waals surface area contributed by atoms with Crippen LogP contribution in [0.5, 0.6) is 0 Å². The predicted molar refractivity (Wildman–Crippen MR) is 123 cm³/mol. The zero-order valence-corrected chi connectivity index (χ0v) is 20.0. The monoisotopic (exact) mass is 479 g/mol. The molecule has 1 saturated carbocycles. The Labute approximate surface area is 189 Å². The minimum atomic E-state index is -3.65. The molecule has 0 aliphatic heterocycles. The van der Waals surface area contributed by atoms with Crippen LogP contribution in [0.2, 0.25) is 0 Å². The minimum absolute atomic E-state index is 0.0160. The fourth-order valence-electron chi connectivity index (χ4n) is 3.15. The van der Waals surface area contributed by atoms with Crippen LogP contribution in [0.3, 0.4) is 0 Å². The fourth-order valence-corrected chi connectivity index (χ4v) is 5.92. The van der Waals surface area contributed by atoms with E-state index in [0.717, 1.165) is 18.4 Å². The van der Waals surface area contributed by atoms with E-state index >= 15 is 0 Å². The van der Waals surface area contributed by atoms with E-state index in [4.69, 9.17) is 0 Å². The quantitative estimate of drug-likeness (QED) is 0.482. The SMILES string of the molecule is Cc1ccc(S(=O)(=O)NC2CC2)cc1C(=O)NCc1ccc(CS(=O)(=O)NC(C)C)cc1. The summed E-state index contributed by atoms with van der Waals surface area (Å²) in [5.74, 6) is -0.494. The second-order valence-electron chi connectivity index (χ2n) is 8.40. The summed E-state index contributed by atoms with van der Waals surface area (Å²) in [4.78, 5) is 12.8. The zero-order valence-electron chi connectivity index (χ0n) is 18.4. The van der Waals surface area contributed by atoms with Gasteiger partial charge in [0, 0.05) is 24.2 Å². The number of hydrogen-bond donors (Lipinski definition) is 3. The van der Waals surface area contributed by atoms with E-state index in [1.54, 1.807) is 51.1 Å². The molecule has 1 fully saturated rings. The summed E-state index contributed by atoms with van der Waals surface area (Å²) in [6, 6.07) is 11.3. The summed E-state index contributed by atoms with van der Waals surface area (Å²) in [6.07, 6.45) is 1.66. The first-order valence-electron chi connectivity index (χ1n) is 10.4. The van der Waals surface area contributed by atoms with Gasteiger partial charge in [-0.15, -0.1) is 0 Å². The molecule has 0 heterocycles. The van der Waals surface area contributed by atoms with Crippen molar-refractivity contribution < 1.29 is 21.6 Å². The molecule has 10 heteroatoms. The lowest BCUT2D eigenvalue weighted by Gasteiger charge is -2.12. The Morgan fingerprint density at radius 3 is 2.22 bits per heavy atom. The van der Waals surface area contributed by atoms with Gasteiger partial charge in [0.1, 0.15) is 0 Å². The van der Waals surface area contributed by atoms with Gasteiger partial charge in [-0.25, -0.2) is 26.3 Å². The Hall–Kier alpha value is -2.27. The van der Waals surface area contributed by atoms with Crippen LogP contribution < -0.4 is 14.8 Å². The molecule has 32 heavy (non-hydrogen) atoms. The van der Waals surface area contributed by atoms with Gasteiger partial charge < -0.3 is 5.32 Å². The smallest absolute Gasteiger partial charge is 0.251 e. The van der Waals surface area contributed by atoms with Crippen LogP contribution in [0.4, 0.5) is 0 Å². The summed E-state index contributed by atoms with van der Waals surface area (Å²) in [5, 5.41) is 2.80. The molecule has 1 aliphatic carbocycles. The lowest BCUT2D eigenvalue weighted by atomic mass is 10.1. The normalized spacial score (nSPS) is 14.5. The maximum Gasteiger partial charge on any atom is 0.251 e. The third-order valence-corrected chi connectivity index (χ3v) is 7.97. The Bertz CT molecular complexity index is 1190. The highest BCUT2D eigenvalue weighted by Gasteiger charge is 2.28. The molecule has 2 aromatic rings. The van der Waals surface area contributed by atoms with Gasteiger partial charge in [-0.1, -0.05) is 30.3 Å². The average molecular weight is 480 g/mol. The first-order valence-corrected chi connectivity index (χ1v) is 13.6. The van der Waals surface area contributed by atoms with E-state index in [-0.39, 0.29) is 35.2 Å². The molecule has 0 saturated heterocycles. The Kier molecular flexibility index (Phi) is 7.39. The van der Waals surface area contributed by atoms with E-state index < -0.39 is 20.0 Å². The molecular formula is C22H29N3O5S2. The van der Waals surface area contributed by atoms with Crippen LogP contribution in [-0.2, 0) is 32.3 Å². The summed E-state index contributed by atoms with van der Waals surface area (Å²) < 4.78 is 54.1. The standard InChI is InChI=1S/C22H29N3O5S2/c1-15(2)24-31(27,28)14-18-7-5-17(6-8-18)13-23-22(26)21-12-20(11-4-16(21)3)32(29,30)25-19-9-10-19/h4-8,11-12,15,19,24-25H,9-10,13-14H2,1-3H3,(H,23,26). The maximum atomic E-state index is 12.7. The lowest BCUT2D eigenvalue weighted by molar-refractivity contribution is 0.0950. The fraction of sp³-hybridized carbons (Fsp3) is 0.409. The highest BCUT2D eigenvalue weighted by molar-refractivity contribution is 7.89. The van der Waals surface area contributed by atoms with Crippen molar-refractivity contribution in [2.45, 2.75) is 62.9 Å². The van der Waals surface area contributed by atoms with E-state index in [2.05, 4.69) is 14.8 Å². The van der Waals surface area contributed by atoms with Gasteiger partial charge in [0.05, 0.1) is 10.6 Å². The number of nitrogens with one attached hydrogen (secondary N) is 3. The van der Waals surface area contributed by atoms with Gasteiger partial charge in [-0.2, -0.15) is 0 Å². The molecule has 3 N–H and O–H groups in total. The van der Waals surface area contributed by atoms with Crippen LogP contribution in [-0.4, -0.2) is 34.8 Å². The summed E-state index contributed by atoms with van der Waals surface area (Å²) in [6.45, 7) is 5.51. The number of rotatable bonds is 10. The molecule has 0 atom stereocenters. The molecule has 0 spiro atoms. The van der Waals surface area contributed by atoms with E-state index in [1.165, 1.54) is 12.1 Å². The molecular weight excluding hydrogens is 450 g/mol. The highest BCUT2D eigenvalue weighted by Crippen LogP contribution is 2.23. The number of sulfonamides is 2. The summed E-state index contributed by atoms with van der Waals surface area (Å²) in [5.41, 5.74) is 2.41. The van der Waals surface area contributed by atoms with Crippen molar-refractivity contribution in [3.05, 3.63) is 64.7 Å². The van der Waals surface area contributed by atoms with Crippen molar-refractivity contribution in [2.75, 3.05) is 0 Å². The number of carbonyl (C=O) groups excluding carboxylic acids is 1. The number of benzene rings is 2. The van der Waals surface area contributed by atoms with E-state index in [0.29, 0.717) is 16.7 Å². The zero-order chi connectivity index (χ0) is 23.5. The van der Waals surface area contributed by atoms with Crippen molar-refractivity contribution in [3.63, 3.8) is 0 Å². The highest BCUT2D eigenvalue weighted by atomic mass is 32.2. The van der Waals surface area contributed by atoms with Crippen molar-refractivity contribution in [1.29, 1.82) is 0 Å². The first-order chi connectivity index (χ1) is 14.9. The summed E-state index contributed by atoms with van der Waals surface area (Å²) >= 11 is 0. The Morgan fingerprint density at radius 1 is 1.00 bits per heavy atom. The van der Waals surface area contributed by atoms with Crippen molar-refractivity contribution >= 4 is 26.0 Å². The van der Waals surface area contributed by atoms with Crippen molar-refractivity contribution in [3.8, 4) is 0 Å². The number of amides is 1. The third kappa shape index (κ3) is 6.86. The molecule has 3 rings (SSSR count). The Balaban J connectivity index is 1.63. The van der Waals surface area contributed by atoms with E-state index in [1.807, 2.05) is 0 Å². The predicted octanol–water partition coefficient (Wildman–Crippen LogP) is 2.19. The second kappa shape index (κ2) is 9.70. The summed E-state index contributed by atoms with van der Waals surface area (Å²) in [7, 11) is -7.06. The first kappa shape index (κ1) is 24.4. The van der Waals surface area contributed by atoms with Gasteiger partial charge in [0.2, 0.25) is 20.0 Å². The van der Waals surface area contributed by atoms with Crippen LogP contribution in [0.1, 0.15) is 53.7 Å². The number of hydrogen-bond acceptors (Lipinski definition) is 5. The van der Waals surface area contributed by atoms with Gasteiger partial charge in [0.15, 0.2) is 0 Å². The van der Waals surface area contributed by atoms with Crippen molar-refractivity contribution in [2.24, 2.45) is 0 Å². The van der Waals surface area contributed by atoms with Gasteiger partial charge in [0.25, 0.3) is 5.91 Å². The van der Waals surface area contributed by atoms with Crippen LogP contribution in [0, 0.1) is 6.92 Å². The van der Waals surface area contributed by atoms with Crippen molar-refractivity contribution in [1.82, 2.24) is 14.8 Å². The van der Waals surface area contributed by atoms with E-state index in [9.17, 15) is 21.6 Å². The van der Waals surface area contributed by atoms with Gasteiger partial charge >= 0.3 is 0 Å². The molecule has 0 radical (unpaired) electrons. The molecule has 0 aromatic heterocycles. The van der Waals surface area contributed by atoms with Crippen LogP contribution in [0.25, 0.3) is 0 Å². The largest absolute Gasteiger partial charge is 0.348 e. The molecule has 2 aromatic carbocycles. The third-order valence-electron chi connectivity index (χ3n) is 4.91. The topological polar surface area (TPSA) is 121 Å². The lowest BCUT2D eigenvalue weighted by Crippen LogP contribution is -2.31. The molecule has 8 nitrogen and oxygen atoms in total. The van der Waals surface area contributed by atoms with Crippen LogP contribution >= 0.6 is 0 Å². The molecule has 1 aliphatic rings. The second-order valence-corrected chi connectivity index (χ2v) is 11.9. The Morgan fingerprint density at radius 2 is 1.62 bits per heavy atom. The molecule has 0 unspecified atom stereocenters. The molecule has 1 amide bonds. The number of carbonyl (C=O) groups is 1.